The molecule has 0 N–H and O–H groups in total. The highest BCUT2D eigenvalue weighted by Gasteiger charge is 2.34. The first-order valence-electron chi connectivity index (χ1n) is 9.76. The molecule has 0 radical (unpaired) electrons. The Labute approximate surface area is 169 Å². The molecule has 2 aliphatic rings. The SMILES string of the molecule is CC(C(=O)N1CCCC1)N1CCN(S(=O)(=O)c2ccc(CC(F)(F)F)cc2)CC1. The van der Waals surface area contributed by atoms with Gasteiger partial charge in [-0.3, -0.25) is 9.69 Å². The number of halogens is 3. The summed E-state index contributed by atoms with van der Waals surface area (Å²) in [7, 11) is -3.78. The highest BCUT2D eigenvalue weighted by molar-refractivity contribution is 7.89. The smallest absolute Gasteiger partial charge is 0.341 e. The molecule has 3 rings (SSSR count). The molecule has 0 saturated carbocycles. The Balaban J connectivity index is 1.60. The van der Waals surface area contributed by atoms with Gasteiger partial charge in [0.15, 0.2) is 0 Å². The van der Waals surface area contributed by atoms with Crippen LogP contribution in [0.2, 0.25) is 0 Å². The van der Waals surface area contributed by atoms with Crippen molar-refractivity contribution in [3.05, 3.63) is 29.8 Å². The predicted molar refractivity (Wildman–Crippen MR) is 102 cm³/mol. The minimum absolute atomic E-state index is 0.0157. The van der Waals surface area contributed by atoms with E-state index < -0.39 is 22.6 Å². The molecule has 1 aromatic carbocycles. The summed E-state index contributed by atoms with van der Waals surface area (Å²) in [5.74, 6) is 0.0825. The van der Waals surface area contributed by atoms with Gasteiger partial charge >= 0.3 is 6.18 Å². The van der Waals surface area contributed by atoms with Crippen LogP contribution in [0.5, 0.6) is 0 Å². The Kier molecular flexibility index (Phi) is 6.54. The molecule has 162 valence electrons. The van der Waals surface area contributed by atoms with Gasteiger partial charge in [0.25, 0.3) is 0 Å². The van der Waals surface area contributed by atoms with Gasteiger partial charge in [0.1, 0.15) is 0 Å². The van der Waals surface area contributed by atoms with Crippen molar-refractivity contribution in [2.45, 2.75) is 43.3 Å². The molecular weight excluding hydrogens is 407 g/mol. The van der Waals surface area contributed by atoms with Crippen LogP contribution in [0.1, 0.15) is 25.3 Å². The summed E-state index contributed by atoms with van der Waals surface area (Å²) in [4.78, 5) is 16.4. The standard InChI is InChI=1S/C19H26F3N3O3S/c1-15(18(26)24-8-2-3-9-24)23-10-12-25(13-11-23)29(27,28)17-6-4-16(5-7-17)14-19(20,21)22/h4-7,15H,2-3,8-14H2,1H3. The van der Waals surface area contributed by atoms with Crippen LogP contribution in [-0.4, -0.2) is 79.9 Å². The lowest BCUT2D eigenvalue weighted by Crippen LogP contribution is -2.55. The lowest BCUT2D eigenvalue weighted by atomic mass is 10.1. The summed E-state index contributed by atoms with van der Waals surface area (Å²) in [5, 5.41) is 0. The molecule has 2 saturated heterocycles. The van der Waals surface area contributed by atoms with Gasteiger partial charge in [0.05, 0.1) is 17.4 Å². The highest BCUT2D eigenvalue weighted by Crippen LogP contribution is 2.24. The maximum absolute atomic E-state index is 12.8. The number of hydrogen-bond donors (Lipinski definition) is 0. The van der Waals surface area contributed by atoms with Crippen molar-refractivity contribution in [3.8, 4) is 0 Å². The molecule has 2 fully saturated rings. The summed E-state index contributed by atoms with van der Waals surface area (Å²) < 4.78 is 64.4. The van der Waals surface area contributed by atoms with Gasteiger partial charge in [-0.1, -0.05) is 12.1 Å². The zero-order valence-electron chi connectivity index (χ0n) is 16.4. The maximum atomic E-state index is 12.8. The fraction of sp³-hybridized carbons (Fsp3) is 0.632. The van der Waals surface area contributed by atoms with Crippen molar-refractivity contribution in [1.82, 2.24) is 14.1 Å². The Morgan fingerprint density at radius 2 is 1.55 bits per heavy atom. The normalized spacial score (nSPS) is 20.8. The summed E-state index contributed by atoms with van der Waals surface area (Å²) in [6.45, 7) is 4.76. The number of amides is 1. The van der Waals surface area contributed by atoms with E-state index in [4.69, 9.17) is 0 Å². The molecule has 10 heteroatoms. The number of hydrogen-bond acceptors (Lipinski definition) is 4. The third-order valence-electron chi connectivity index (χ3n) is 5.56. The number of sulfonamides is 1. The van der Waals surface area contributed by atoms with Crippen molar-refractivity contribution in [1.29, 1.82) is 0 Å². The molecule has 1 atom stereocenters. The van der Waals surface area contributed by atoms with Crippen LogP contribution in [0.25, 0.3) is 0 Å². The van der Waals surface area contributed by atoms with Crippen LogP contribution < -0.4 is 0 Å². The second-order valence-electron chi connectivity index (χ2n) is 7.58. The summed E-state index contributed by atoms with van der Waals surface area (Å²) in [6.07, 6.45) is -3.38. The van der Waals surface area contributed by atoms with Crippen LogP contribution in [0.3, 0.4) is 0 Å². The maximum Gasteiger partial charge on any atom is 0.393 e. The van der Waals surface area contributed by atoms with Crippen LogP contribution in [-0.2, 0) is 21.2 Å². The van der Waals surface area contributed by atoms with E-state index in [1.54, 1.807) is 0 Å². The van der Waals surface area contributed by atoms with E-state index in [2.05, 4.69) is 0 Å². The number of alkyl halides is 3. The first-order chi connectivity index (χ1) is 13.6. The molecule has 2 heterocycles. The minimum Gasteiger partial charge on any atom is -0.341 e. The van der Waals surface area contributed by atoms with Crippen LogP contribution in [0.15, 0.2) is 29.2 Å². The van der Waals surface area contributed by atoms with Gasteiger partial charge in [0.2, 0.25) is 15.9 Å². The zero-order chi connectivity index (χ0) is 21.2. The van der Waals surface area contributed by atoms with Crippen molar-refractivity contribution in [2.75, 3.05) is 39.3 Å². The molecule has 0 spiro atoms. The Bertz CT molecular complexity index is 813. The third-order valence-corrected chi connectivity index (χ3v) is 7.47. The average Bonchev–Trinajstić information content (AvgIpc) is 3.21. The van der Waals surface area contributed by atoms with Crippen LogP contribution in [0, 0.1) is 0 Å². The van der Waals surface area contributed by atoms with E-state index in [1.807, 2.05) is 16.7 Å². The van der Waals surface area contributed by atoms with E-state index in [9.17, 15) is 26.4 Å². The average molecular weight is 433 g/mol. The highest BCUT2D eigenvalue weighted by atomic mass is 32.2. The number of carbonyl (C=O) groups excluding carboxylic acids is 1. The first kappa shape index (κ1) is 22.0. The monoisotopic (exact) mass is 433 g/mol. The number of rotatable bonds is 5. The fourth-order valence-electron chi connectivity index (χ4n) is 3.85. The molecule has 1 amide bonds. The molecule has 0 aromatic heterocycles. The van der Waals surface area contributed by atoms with E-state index in [-0.39, 0.29) is 35.5 Å². The molecular formula is C19H26F3N3O3S. The van der Waals surface area contributed by atoms with Gasteiger partial charge in [-0.15, -0.1) is 0 Å². The number of carbonyl (C=O) groups is 1. The molecule has 6 nitrogen and oxygen atoms in total. The number of piperazine rings is 1. The number of benzene rings is 1. The van der Waals surface area contributed by atoms with E-state index in [1.165, 1.54) is 28.6 Å². The third kappa shape index (κ3) is 5.29. The van der Waals surface area contributed by atoms with Crippen LogP contribution >= 0.6 is 0 Å². The van der Waals surface area contributed by atoms with Gasteiger partial charge < -0.3 is 4.90 Å². The molecule has 0 bridgehead atoms. The van der Waals surface area contributed by atoms with Gasteiger partial charge in [0, 0.05) is 39.3 Å². The number of nitrogens with zero attached hydrogens (tertiary/aromatic N) is 3. The summed E-state index contributed by atoms with van der Waals surface area (Å²) in [6, 6.07) is 4.56. The van der Waals surface area contributed by atoms with Gasteiger partial charge in [-0.25, -0.2) is 8.42 Å². The van der Waals surface area contributed by atoms with E-state index in [0.29, 0.717) is 13.1 Å². The number of likely N-dealkylation sites (tertiary alicyclic amines) is 1. The second-order valence-corrected chi connectivity index (χ2v) is 9.52. The van der Waals surface area contributed by atoms with Crippen molar-refractivity contribution < 1.29 is 26.4 Å². The Morgan fingerprint density at radius 3 is 2.07 bits per heavy atom. The van der Waals surface area contributed by atoms with Gasteiger partial charge in [-0.2, -0.15) is 17.5 Å². The summed E-state index contributed by atoms with van der Waals surface area (Å²) >= 11 is 0. The molecule has 2 aliphatic heterocycles. The topological polar surface area (TPSA) is 60.9 Å². The molecule has 1 aromatic rings. The fourth-order valence-corrected chi connectivity index (χ4v) is 5.27. The van der Waals surface area contributed by atoms with E-state index >= 15 is 0 Å². The lowest BCUT2D eigenvalue weighted by Gasteiger charge is -2.37. The molecule has 0 aliphatic carbocycles. The largest absolute Gasteiger partial charge is 0.393 e. The van der Waals surface area contributed by atoms with Crippen LogP contribution in [0.4, 0.5) is 13.2 Å². The van der Waals surface area contributed by atoms with Crippen molar-refractivity contribution >= 4 is 15.9 Å². The Morgan fingerprint density at radius 1 is 1.00 bits per heavy atom. The Hall–Kier alpha value is -1.65. The summed E-state index contributed by atoms with van der Waals surface area (Å²) in [5.41, 5.74) is 0.0236. The molecule has 29 heavy (non-hydrogen) atoms. The zero-order valence-corrected chi connectivity index (χ0v) is 17.2. The minimum atomic E-state index is -4.33. The van der Waals surface area contributed by atoms with Gasteiger partial charge in [-0.05, 0) is 37.5 Å². The quantitative estimate of drug-likeness (QED) is 0.714. The second kappa shape index (κ2) is 8.61. The van der Waals surface area contributed by atoms with E-state index in [0.717, 1.165) is 25.9 Å². The van der Waals surface area contributed by atoms with Crippen molar-refractivity contribution in [3.63, 3.8) is 0 Å². The first-order valence-corrected chi connectivity index (χ1v) is 11.2. The molecule has 1 unspecified atom stereocenters. The van der Waals surface area contributed by atoms with Crippen molar-refractivity contribution in [2.24, 2.45) is 0 Å². The predicted octanol–water partition coefficient (Wildman–Crippen LogP) is 2.11. The lowest BCUT2D eigenvalue weighted by molar-refractivity contribution is -0.135.